The topological polar surface area (TPSA) is 34.9 Å². The first-order chi connectivity index (χ1) is 6.19. The summed E-state index contributed by atoms with van der Waals surface area (Å²) in [4.78, 5) is 10.6. The number of rotatable bonds is 4. The molecule has 1 aromatic rings. The largest absolute Gasteiger partial charge is 0.303 e. The SMILES string of the molecule is CCC(C=O)Cc1c(Cl)cnn1C. The Kier molecular flexibility index (Phi) is 3.48. The third-order valence-corrected chi connectivity index (χ3v) is 2.50. The Morgan fingerprint density at radius 2 is 2.46 bits per heavy atom. The standard InChI is InChI=1S/C9H13ClN2O/c1-3-7(6-13)4-9-8(10)5-11-12(9)2/h5-7H,3-4H2,1-2H3. The van der Waals surface area contributed by atoms with Crippen LogP contribution in [0.5, 0.6) is 0 Å². The van der Waals surface area contributed by atoms with E-state index in [2.05, 4.69) is 5.10 Å². The summed E-state index contributed by atoms with van der Waals surface area (Å²) >= 11 is 5.90. The maximum Gasteiger partial charge on any atom is 0.123 e. The third kappa shape index (κ3) is 2.31. The first-order valence-corrected chi connectivity index (χ1v) is 4.68. The predicted octanol–water partition coefficient (Wildman–Crippen LogP) is 1.84. The Balaban J connectivity index is 2.77. The van der Waals surface area contributed by atoms with Crippen LogP contribution in [-0.2, 0) is 18.3 Å². The molecule has 0 aliphatic carbocycles. The molecule has 13 heavy (non-hydrogen) atoms. The van der Waals surface area contributed by atoms with Crippen molar-refractivity contribution in [2.24, 2.45) is 13.0 Å². The number of nitrogens with zero attached hydrogens (tertiary/aromatic N) is 2. The summed E-state index contributed by atoms with van der Waals surface area (Å²) in [6.45, 7) is 1.99. The molecule has 4 heteroatoms. The van der Waals surface area contributed by atoms with Crippen molar-refractivity contribution in [1.29, 1.82) is 0 Å². The maximum atomic E-state index is 10.6. The van der Waals surface area contributed by atoms with Gasteiger partial charge in [0.2, 0.25) is 0 Å². The minimum absolute atomic E-state index is 0.0490. The molecular weight excluding hydrogens is 188 g/mol. The average molecular weight is 201 g/mol. The van der Waals surface area contributed by atoms with Gasteiger partial charge in [-0.15, -0.1) is 0 Å². The number of aromatic nitrogens is 2. The average Bonchev–Trinajstić information content (AvgIpc) is 2.44. The number of halogens is 1. The van der Waals surface area contributed by atoms with Crippen LogP contribution in [0.25, 0.3) is 0 Å². The van der Waals surface area contributed by atoms with E-state index in [1.54, 1.807) is 10.9 Å². The molecule has 0 bridgehead atoms. The molecule has 0 spiro atoms. The van der Waals surface area contributed by atoms with Crippen LogP contribution in [0, 0.1) is 5.92 Å². The summed E-state index contributed by atoms with van der Waals surface area (Å²) in [6.07, 6.45) is 4.10. The number of carbonyl (C=O) groups is 1. The lowest BCUT2D eigenvalue weighted by Crippen LogP contribution is -2.08. The predicted molar refractivity (Wildman–Crippen MR) is 51.8 cm³/mol. The Morgan fingerprint density at radius 1 is 1.77 bits per heavy atom. The summed E-state index contributed by atoms with van der Waals surface area (Å²) in [5, 5.41) is 4.65. The normalized spacial score (nSPS) is 12.8. The lowest BCUT2D eigenvalue weighted by atomic mass is 10.0. The molecule has 1 aromatic heterocycles. The highest BCUT2D eigenvalue weighted by molar-refractivity contribution is 6.31. The molecule has 0 aromatic carbocycles. The van der Waals surface area contributed by atoms with E-state index in [0.717, 1.165) is 18.4 Å². The van der Waals surface area contributed by atoms with Gasteiger partial charge in [-0.05, 0) is 6.42 Å². The van der Waals surface area contributed by atoms with Crippen LogP contribution in [0.15, 0.2) is 6.20 Å². The highest BCUT2D eigenvalue weighted by Crippen LogP contribution is 2.18. The van der Waals surface area contributed by atoms with Crippen molar-refractivity contribution < 1.29 is 4.79 Å². The molecule has 0 aliphatic heterocycles. The smallest absolute Gasteiger partial charge is 0.123 e. The number of aryl methyl sites for hydroxylation is 1. The number of hydrogen-bond acceptors (Lipinski definition) is 2. The fourth-order valence-electron chi connectivity index (χ4n) is 1.20. The van der Waals surface area contributed by atoms with Gasteiger partial charge >= 0.3 is 0 Å². The molecule has 1 unspecified atom stereocenters. The van der Waals surface area contributed by atoms with Crippen LogP contribution < -0.4 is 0 Å². The fourth-order valence-corrected chi connectivity index (χ4v) is 1.45. The second kappa shape index (κ2) is 4.42. The molecule has 0 amide bonds. The van der Waals surface area contributed by atoms with Crippen LogP contribution in [0.1, 0.15) is 19.0 Å². The van der Waals surface area contributed by atoms with Crippen LogP contribution in [0.4, 0.5) is 0 Å². The quantitative estimate of drug-likeness (QED) is 0.696. The zero-order valence-electron chi connectivity index (χ0n) is 7.83. The van der Waals surface area contributed by atoms with E-state index in [-0.39, 0.29) is 5.92 Å². The second-order valence-corrected chi connectivity index (χ2v) is 3.48. The summed E-state index contributed by atoms with van der Waals surface area (Å²) < 4.78 is 1.72. The molecule has 0 saturated carbocycles. The van der Waals surface area contributed by atoms with Crippen molar-refractivity contribution >= 4 is 17.9 Å². The molecule has 3 nitrogen and oxygen atoms in total. The lowest BCUT2D eigenvalue weighted by Gasteiger charge is -2.07. The summed E-state index contributed by atoms with van der Waals surface area (Å²) in [6, 6.07) is 0. The number of carbonyl (C=O) groups excluding carboxylic acids is 1. The maximum absolute atomic E-state index is 10.6. The Morgan fingerprint density at radius 3 is 2.85 bits per heavy atom. The minimum atomic E-state index is 0.0490. The van der Waals surface area contributed by atoms with Gasteiger partial charge in [-0.1, -0.05) is 18.5 Å². The molecule has 0 fully saturated rings. The van der Waals surface area contributed by atoms with Gasteiger partial charge in [-0.2, -0.15) is 5.10 Å². The van der Waals surface area contributed by atoms with E-state index < -0.39 is 0 Å². The van der Waals surface area contributed by atoms with Crippen molar-refractivity contribution in [3.8, 4) is 0 Å². The molecule has 0 saturated heterocycles. The Bertz CT molecular complexity index is 276. The number of hydrogen-bond donors (Lipinski definition) is 0. The summed E-state index contributed by atoms with van der Waals surface area (Å²) in [5.41, 5.74) is 0.931. The van der Waals surface area contributed by atoms with Gasteiger partial charge in [0, 0.05) is 19.4 Å². The first-order valence-electron chi connectivity index (χ1n) is 4.30. The Hall–Kier alpha value is -0.830. The Labute approximate surface area is 82.7 Å². The monoisotopic (exact) mass is 200 g/mol. The van der Waals surface area contributed by atoms with E-state index >= 15 is 0 Å². The highest BCUT2D eigenvalue weighted by atomic mass is 35.5. The minimum Gasteiger partial charge on any atom is -0.303 e. The molecule has 0 radical (unpaired) electrons. The van der Waals surface area contributed by atoms with Crippen LogP contribution >= 0.6 is 11.6 Å². The second-order valence-electron chi connectivity index (χ2n) is 3.07. The van der Waals surface area contributed by atoms with Crippen molar-refractivity contribution in [1.82, 2.24) is 9.78 Å². The van der Waals surface area contributed by atoms with Gasteiger partial charge in [0.1, 0.15) is 6.29 Å². The zero-order valence-corrected chi connectivity index (χ0v) is 8.58. The first kappa shape index (κ1) is 10.3. The van der Waals surface area contributed by atoms with Gasteiger partial charge in [0.05, 0.1) is 16.9 Å². The van der Waals surface area contributed by atoms with Gasteiger partial charge in [-0.3, -0.25) is 4.68 Å². The van der Waals surface area contributed by atoms with Gasteiger partial charge in [0.25, 0.3) is 0 Å². The molecule has 1 rings (SSSR count). The molecular formula is C9H13ClN2O. The molecule has 1 heterocycles. The van der Waals surface area contributed by atoms with Gasteiger partial charge in [-0.25, -0.2) is 0 Å². The number of aldehydes is 1. The van der Waals surface area contributed by atoms with Gasteiger partial charge < -0.3 is 4.79 Å². The van der Waals surface area contributed by atoms with E-state index in [9.17, 15) is 4.79 Å². The molecule has 1 atom stereocenters. The van der Waals surface area contributed by atoms with Crippen molar-refractivity contribution in [3.63, 3.8) is 0 Å². The highest BCUT2D eigenvalue weighted by Gasteiger charge is 2.12. The van der Waals surface area contributed by atoms with Crippen LogP contribution in [0.2, 0.25) is 5.02 Å². The van der Waals surface area contributed by atoms with E-state index in [4.69, 9.17) is 11.6 Å². The van der Waals surface area contributed by atoms with E-state index in [1.807, 2.05) is 14.0 Å². The molecule has 0 aliphatic rings. The van der Waals surface area contributed by atoms with E-state index in [1.165, 1.54) is 0 Å². The lowest BCUT2D eigenvalue weighted by molar-refractivity contribution is -0.111. The van der Waals surface area contributed by atoms with Crippen molar-refractivity contribution in [3.05, 3.63) is 16.9 Å². The summed E-state index contributed by atoms with van der Waals surface area (Å²) in [7, 11) is 1.83. The van der Waals surface area contributed by atoms with Crippen LogP contribution in [-0.4, -0.2) is 16.1 Å². The van der Waals surface area contributed by atoms with Gasteiger partial charge in [0.15, 0.2) is 0 Å². The molecule has 72 valence electrons. The fraction of sp³-hybridized carbons (Fsp3) is 0.556. The van der Waals surface area contributed by atoms with Crippen LogP contribution in [0.3, 0.4) is 0 Å². The van der Waals surface area contributed by atoms with Crippen molar-refractivity contribution in [2.75, 3.05) is 0 Å². The third-order valence-electron chi connectivity index (χ3n) is 2.18. The van der Waals surface area contributed by atoms with E-state index in [0.29, 0.717) is 11.4 Å². The molecule has 0 N–H and O–H groups in total. The van der Waals surface area contributed by atoms with Crippen molar-refractivity contribution in [2.45, 2.75) is 19.8 Å². The zero-order chi connectivity index (χ0) is 9.84. The summed E-state index contributed by atoms with van der Waals surface area (Å²) in [5.74, 6) is 0.0490.